The Hall–Kier alpha value is -3.16. The van der Waals surface area contributed by atoms with Crippen LogP contribution in [0.3, 0.4) is 0 Å². The van der Waals surface area contributed by atoms with Gasteiger partial charge in [0.05, 0.1) is 12.1 Å². The largest absolute Gasteiger partial charge is 0.461 e. The van der Waals surface area contributed by atoms with Crippen molar-refractivity contribution in [3.63, 3.8) is 0 Å². The molecule has 1 aromatic carbocycles. The summed E-state index contributed by atoms with van der Waals surface area (Å²) in [7, 11) is 0. The highest BCUT2D eigenvalue weighted by Crippen LogP contribution is 2.24. The first-order valence-corrected chi connectivity index (χ1v) is 7.74. The quantitative estimate of drug-likeness (QED) is 0.466. The van der Waals surface area contributed by atoms with Crippen LogP contribution in [0.4, 0.5) is 0 Å². The van der Waals surface area contributed by atoms with Crippen molar-refractivity contribution < 1.29 is 23.8 Å². The molecule has 1 aromatic heterocycles. The minimum absolute atomic E-state index is 0.0314. The first kappa shape index (κ1) is 16.7. The van der Waals surface area contributed by atoms with Gasteiger partial charge in [-0.1, -0.05) is 17.3 Å². The van der Waals surface area contributed by atoms with E-state index < -0.39 is 18.2 Å². The molecule has 1 aliphatic rings. The van der Waals surface area contributed by atoms with Gasteiger partial charge in [-0.2, -0.15) is 0 Å². The summed E-state index contributed by atoms with van der Waals surface area (Å²) < 4.78 is 17.0. The van der Waals surface area contributed by atoms with E-state index in [1.165, 1.54) is 10.9 Å². The molecule has 0 saturated carbocycles. The van der Waals surface area contributed by atoms with Gasteiger partial charge >= 0.3 is 11.9 Å². The van der Waals surface area contributed by atoms with Gasteiger partial charge in [0.1, 0.15) is 11.8 Å². The Kier molecular flexibility index (Phi) is 4.51. The molecule has 0 bridgehead atoms. The van der Waals surface area contributed by atoms with Crippen molar-refractivity contribution in [2.45, 2.75) is 27.1 Å². The van der Waals surface area contributed by atoms with Gasteiger partial charge in [0.25, 0.3) is 6.29 Å². The van der Waals surface area contributed by atoms with Gasteiger partial charge in [-0.15, -0.1) is 5.10 Å². The monoisotopic (exact) mass is 343 g/mol. The van der Waals surface area contributed by atoms with E-state index in [9.17, 15) is 9.59 Å². The first-order chi connectivity index (χ1) is 12.0. The molecule has 8 heteroatoms. The molecular weight excluding hydrogens is 326 g/mol. The smallest absolute Gasteiger partial charge is 0.360 e. The van der Waals surface area contributed by atoms with Crippen molar-refractivity contribution in [3.8, 4) is 0 Å². The van der Waals surface area contributed by atoms with Gasteiger partial charge in [-0.25, -0.2) is 14.3 Å². The zero-order valence-electron chi connectivity index (χ0n) is 14.1. The summed E-state index contributed by atoms with van der Waals surface area (Å²) in [4.78, 5) is 23.9. The lowest BCUT2D eigenvalue weighted by atomic mass is 10.2. The Morgan fingerprint density at radius 2 is 2.12 bits per heavy atom. The predicted molar refractivity (Wildman–Crippen MR) is 87.8 cm³/mol. The number of hydrogen-bond donors (Lipinski definition) is 0. The summed E-state index contributed by atoms with van der Waals surface area (Å²) in [6.45, 7) is 5.28. The summed E-state index contributed by atoms with van der Waals surface area (Å²) in [5, 5.41) is 8.01. The molecule has 1 unspecified atom stereocenters. The zero-order valence-corrected chi connectivity index (χ0v) is 14.1. The highest BCUT2D eigenvalue weighted by molar-refractivity contribution is 6.11. The lowest BCUT2D eigenvalue weighted by molar-refractivity contribution is -0.152. The number of ether oxygens (including phenoxy) is 3. The lowest BCUT2D eigenvalue weighted by Gasteiger charge is -2.13. The number of rotatable bonds is 5. The van der Waals surface area contributed by atoms with Crippen LogP contribution in [0.25, 0.3) is 16.7 Å². The molecule has 0 spiro atoms. The van der Waals surface area contributed by atoms with Crippen LogP contribution in [0.1, 0.15) is 20.8 Å². The van der Waals surface area contributed by atoms with E-state index in [1.54, 1.807) is 39.0 Å². The minimum Gasteiger partial charge on any atom is -0.461 e. The highest BCUT2D eigenvalue weighted by Gasteiger charge is 2.30. The Morgan fingerprint density at radius 1 is 1.36 bits per heavy atom. The average Bonchev–Trinajstić information content (AvgIpc) is 3.13. The normalized spacial score (nSPS) is 17.8. The Morgan fingerprint density at radius 3 is 2.80 bits per heavy atom. The fraction of sp³-hybridized carbons (Fsp3) is 0.294. The zero-order chi connectivity index (χ0) is 18.0. The van der Waals surface area contributed by atoms with Crippen LogP contribution in [0.5, 0.6) is 0 Å². The number of nitrogens with zero attached hydrogens (tertiary/aromatic N) is 3. The topological polar surface area (TPSA) is 92.5 Å². The number of cyclic esters (lactones) is 1. The van der Waals surface area contributed by atoms with Crippen molar-refractivity contribution in [1.82, 2.24) is 15.0 Å². The summed E-state index contributed by atoms with van der Waals surface area (Å²) in [5.41, 5.74) is 2.41. The summed E-state index contributed by atoms with van der Waals surface area (Å²) >= 11 is 0. The van der Waals surface area contributed by atoms with Crippen molar-refractivity contribution >= 4 is 28.7 Å². The molecule has 1 atom stereocenters. The van der Waals surface area contributed by atoms with Crippen molar-refractivity contribution in [2.24, 2.45) is 0 Å². The van der Waals surface area contributed by atoms with E-state index in [0.717, 1.165) is 0 Å². The third-order valence-electron chi connectivity index (χ3n) is 3.83. The van der Waals surface area contributed by atoms with Gasteiger partial charge in [0.2, 0.25) is 0 Å². The Labute approximate surface area is 143 Å². The number of hydrogen-bond acceptors (Lipinski definition) is 7. The first-order valence-electron chi connectivity index (χ1n) is 7.74. The van der Waals surface area contributed by atoms with E-state index in [1.807, 2.05) is 6.07 Å². The fourth-order valence-electron chi connectivity index (χ4n) is 2.30. The molecule has 0 saturated heterocycles. The molecule has 2 heterocycles. The third-order valence-corrected chi connectivity index (χ3v) is 3.83. The second kappa shape index (κ2) is 6.76. The molecular formula is C17H17N3O5. The van der Waals surface area contributed by atoms with E-state index in [-0.39, 0.29) is 12.3 Å². The van der Waals surface area contributed by atoms with Crippen molar-refractivity contribution in [2.75, 3.05) is 6.61 Å². The number of carbonyl (C=O) groups excluding carboxylic acids is 2. The average molecular weight is 343 g/mol. The van der Waals surface area contributed by atoms with Crippen LogP contribution in [0.15, 0.2) is 41.7 Å². The van der Waals surface area contributed by atoms with Gasteiger partial charge in [-0.05, 0) is 32.9 Å². The third kappa shape index (κ3) is 3.10. The molecule has 2 aromatic rings. The predicted octanol–water partition coefficient (Wildman–Crippen LogP) is 2.03. The molecule has 1 aliphatic heterocycles. The second-order valence-corrected chi connectivity index (χ2v) is 5.39. The van der Waals surface area contributed by atoms with Crippen molar-refractivity contribution in [3.05, 3.63) is 41.7 Å². The molecule has 0 aliphatic carbocycles. The Balaban J connectivity index is 1.96. The number of aromatic nitrogens is 3. The number of esters is 2. The maximum Gasteiger partial charge on any atom is 0.360 e. The fourth-order valence-corrected chi connectivity index (χ4v) is 2.30. The minimum atomic E-state index is -0.883. The molecule has 0 radical (unpaired) electrons. The summed E-state index contributed by atoms with van der Waals surface area (Å²) in [6, 6.07) is 7.17. The van der Waals surface area contributed by atoms with Gasteiger partial charge in [0, 0.05) is 11.1 Å². The highest BCUT2D eigenvalue weighted by atomic mass is 16.7. The standard InChI is InChI=1S/C17H17N3O5/c1-4-23-16(22)14(9-24-17-11(3)10(2)15(21)25-17)20-13-8-6-5-7-12(13)18-19-20/h5-9,17H,4H2,1-3H3/b14-9-. The number of carbonyl (C=O) groups is 2. The van der Waals surface area contributed by atoms with Crippen LogP contribution in [0.2, 0.25) is 0 Å². The van der Waals surface area contributed by atoms with Crippen LogP contribution in [-0.2, 0) is 23.8 Å². The molecule has 25 heavy (non-hydrogen) atoms. The number of benzene rings is 1. The van der Waals surface area contributed by atoms with Crippen molar-refractivity contribution in [1.29, 1.82) is 0 Å². The molecule has 0 fully saturated rings. The van der Waals surface area contributed by atoms with Gasteiger partial charge in [-0.3, -0.25) is 0 Å². The second-order valence-electron chi connectivity index (χ2n) is 5.39. The molecule has 3 rings (SSSR count). The van der Waals surface area contributed by atoms with Crippen LogP contribution in [0, 0.1) is 0 Å². The molecule has 0 N–H and O–H groups in total. The van der Waals surface area contributed by atoms with Crippen LogP contribution in [-0.4, -0.2) is 39.8 Å². The molecule has 8 nitrogen and oxygen atoms in total. The van der Waals surface area contributed by atoms with Crippen LogP contribution >= 0.6 is 0 Å². The lowest BCUT2D eigenvalue weighted by Crippen LogP contribution is -2.17. The van der Waals surface area contributed by atoms with E-state index >= 15 is 0 Å². The SMILES string of the molecule is CCOC(=O)/C(=C/OC1OC(=O)C(C)=C1C)n1nnc2ccccc21. The molecule has 130 valence electrons. The van der Waals surface area contributed by atoms with E-state index in [4.69, 9.17) is 14.2 Å². The maximum atomic E-state index is 12.3. The number of fused-ring (bicyclic) bond motifs is 1. The van der Waals surface area contributed by atoms with Crippen LogP contribution < -0.4 is 0 Å². The van der Waals surface area contributed by atoms with Gasteiger partial charge in [0.15, 0.2) is 5.70 Å². The Bertz CT molecular complexity index is 897. The van der Waals surface area contributed by atoms with Gasteiger partial charge < -0.3 is 14.2 Å². The molecule has 0 amide bonds. The summed E-state index contributed by atoms with van der Waals surface area (Å²) in [6.07, 6.45) is 0.297. The van der Waals surface area contributed by atoms with E-state index in [0.29, 0.717) is 22.2 Å². The number of para-hydroxylation sites is 1. The maximum absolute atomic E-state index is 12.3. The van der Waals surface area contributed by atoms with E-state index in [2.05, 4.69) is 10.3 Å². The summed E-state index contributed by atoms with van der Waals surface area (Å²) in [5.74, 6) is -1.07.